The summed E-state index contributed by atoms with van der Waals surface area (Å²) in [6.07, 6.45) is 1.15. The first-order valence-electron chi connectivity index (χ1n) is 5.56. The lowest BCUT2D eigenvalue weighted by Crippen LogP contribution is -2.21. The summed E-state index contributed by atoms with van der Waals surface area (Å²) in [7, 11) is 0. The van der Waals surface area contributed by atoms with Crippen LogP contribution in [0.25, 0.3) is 0 Å². The van der Waals surface area contributed by atoms with E-state index in [9.17, 15) is 5.11 Å². The molecule has 0 amide bonds. The SMILES string of the molecule is OC(CNCc1cccnn1)c1ccccc1. The van der Waals surface area contributed by atoms with Crippen molar-refractivity contribution in [3.05, 3.63) is 59.9 Å². The highest BCUT2D eigenvalue weighted by Crippen LogP contribution is 2.10. The van der Waals surface area contributed by atoms with Crippen LogP contribution in [-0.4, -0.2) is 21.8 Å². The monoisotopic (exact) mass is 229 g/mol. The fraction of sp³-hybridized carbons (Fsp3) is 0.231. The lowest BCUT2D eigenvalue weighted by Gasteiger charge is -2.11. The van der Waals surface area contributed by atoms with Gasteiger partial charge < -0.3 is 10.4 Å². The highest BCUT2D eigenvalue weighted by Gasteiger charge is 2.05. The van der Waals surface area contributed by atoms with Crippen LogP contribution in [0.4, 0.5) is 0 Å². The van der Waals surface area contributed by atoms with E-state index in [0.29, 0.717) is 13.1 Å². The van der Waals surface area contributed by atoms with Crippen LogP contribution in [-0.2, 0) is 6.54 Å². The second kappa shape index (κ2) is 6.08. The molecule has 4 nitrogen and oxygen atoms in total. The third kappa shape index (κ3) is 3.62. The number of nitrogens with one attached hydrogen (secondary N) is 1. The van der Waals surface area contributed by atoms with Gasteiger partial charge in [-0.15, -0.1) is 0 Å². The molecule has 0 saturated heterocycles. The molecular formula is C13H15N3O. The van der Waals surface area contributed by atoms with Gasteiger partial charge in [-0.25, -0.2) is 0 Å². The lowest BCUT2D eigenvalue weighted by molar-refractivity contribution is 0.174. The van der Waals surface area contributed by atoms with Crippen molar-refractivity contribution in [2.75, 3.05) is 6.54 Å². The maximum absolute atomic E-state index is 9.90. The van der Waals surface area contributed by atoms with Crippen LogP contribution in [0.1, 0.15) is 17.4 Å². The molecular weight excluding hydrogens is 214 g/mol. The Kier molecular flexibility index (Phi) is 4.18. The molecule has 0 saturated carbocycles. The molecule has 17 heavy (non-hydrogen) atoms. The minimum Gasteiger partial charge on any atom is -0.387 e. The zero-order valence-electron chi connectivity index (χ0n) is 9.45. The van der Waals surface area contributed by atoms with Gasteiger partial charge in [-0.1, -0.05) is 30.3 Å². The summed E-state index contributed by atoms with van der Waals surface area (Å²) in [5.74, 6) is 0. The number of aliphatic hydroxyl groups is 1. The van der Waals surface area contributed by atoms with Crippen molar-refractivity contribution >= 4 is 0 Å². The third-order valence-electron chi connectivity index (χ3n) is 2.46. The number of hydrogen-bond acceptors (Lipinski definition) is 4. The van der Waals surface area contributed by atoms with Crippen LogP contribution < -0.4 is 5.32 Å². The molecule has 0 radical (unpaired) electrons. The molecule has 1 unspecified atom stereocenters. The molecule has 0 bridgehead atoms. The topological polar surface area (TPSA) is 58.0 Å². The van der Waals surface area contributed by atoms with E-state index in [1.807, 2.05) is 42.5 Å². The van der Waals surface area contributed by atoms with Crippen LogP contribution >= 0.6 is 0 Å². The van der Waals surface area contributed by atoms with Crippen LogP contribution in [0, 0.1) is 0 Å². The standard InChI is InChI=1S/C13H15N3O/c17-13(11-5-2-1-3-6-11)10-14-9-12-7-4-8-15-16-12/h1-8,13-14,17H,9-10H2. The molecule has 88 valence electrons. The lowest BCUT2D eigenvalue weighted by atomic mass is 10.1. The number of nitrogens with zero attached hydrogens (tertiary/aromatic N) is 2. The van der Waals surface area contributed by atoms with E-state index in [1.54, 1.807) is 6.20 Å². The summed E-state index contributed by atoms with van der Waals surface area (Å²) in [6.45, 7) is 1.11. The first-order chi connectivity index (χ1) is 8.36. The smallest absolute Gasteiger partial charge is 0.0914 e. The molecule has 2 aromatic rings. The van der Waals surface area contributed by atoms with Gasteiger partial charge in [0.2, 0.25) is 0 Å². The van der Waals surface area contributed by atoms with Crippen molar-refractivity contribution in [1.82, 2.24) is 15.5 Å². The van der Waals surface area contributed by atoms with Gasteiger partial charge in [0.1, 0.15) is 0 Å². The Balaban J connectivity index is 1.79. The van der Waals surface area contributed by atoms with Crippen molar-refractivity contribution in [2.45, 2.75) is 12.6 Å². The zero-order chi connectivity index (χ0) is 11.9. The number of benzene rings is 1. The minimum absolute atomic E-state index is 0.493. The maximum Gasteiger partial charge on any atom is 0.0914 e. The Labute approximate surface area is 100 Å². The quantitative estimate of drug-likeness (QED) is 0.811. The highest BCUT2D eigenvalue weighted by molar-refractivity contribution is 5.17. The van der Waals surface area contributed by atoms with Gasteiger partial charge in [-0.05, 0) is 17.7 Å². The Morgan fingerprint density at radius 2 is 1.94 bits per heavy atom. The highest BCUT2D eigenvalue weighted by atomic mass is 16.3. The third-order valence-corrected chi connectivity index (χ3v) is 2.46. The molecule has 0 spiro atoms. The van der Waals surface area contributed by atoms with Crippen molar-refractivity contribution in [3.8, 4) is 0 Å². The normalized spacial score (nSPS) is 12.3. The van der Waals surface area contributed by atoms with E-state index in [1.165, 1.54) is 0 Å². The minimum atomic E-state index is -0.493. The predicted molar refractivity (Wildman–Crippen MR) is 65.1 cm³/mol. The molecule has 0 aliphatic rings. The fourth-order valence-electron chi connectivity index (χ4n) is 1.56. The summed E-state index contributed by atoms with van der Waals surface area (Å²) in [4.78, 5) is 0. The molecule has 2 N–H and O–H groups in total. The van der Waals surface area contributed by atoms with E-state index in [2.05, 4.69) is 15.5 Å². The largest absolute Gasteiger partial charge is 0.387 e. The average molecular weight is 229 g/mol. The summed E-state index contributed by atoms with van der Waals surface area (Å²) < 4.78 is 0. The number of hydrogen-bond donors (Lipinski definition) is 2. The number of rotatable bonds is 5. The van der Waals surface area contributed by atoms with Gasteiger partial charge in [-0.3, -0.25) is 0 Å². The Morgan fingerprint density at radius 1 is 1.12 bits per heavy atom. The zero-order valence-corrected chi connectivity index (χ0v) is 9.45. The van der Waals surface area contributed by atoms with Crippen LogP contribution in [0.3, 0.4) is 0 Å². The molecule has 1 atom stereocenters. The molecule has 0 aliphatic heterocycles. The van der Waals surface area contributed by atoms with E-state index in [-0.39, 0.29) is 0 Å². The van der Waals surface area contributed by atoms with E-state index in [0.717, 1.165) is 11.3 Å². The van der Waals surface area contributed by atoms with Crippen LogP contribution in [0.15, 0.2) is 48.7 Å². The van der Waals surface area contributed by atoms with Crippen LogP contribution in [0.2, 0.25) is 0 Å². The van der Waals surface area contributed by atoms with Crippen molar-refractivity contribution in [3.63, 3.8) is 0 Å². The molecule has 0 fully saturated rings. The number of aromatic nitrogens is 2. The Morgan fingerprint density at radius 3 is 2.65 bits per heavy atom. The molecule has 1 aromatic carbocycles. The van der Waals surface area contributed by atoms with Crippen molar-refractivity contribution in [2.24, 2.45) is 0 Å². The van der Waals surface area contributed by atoms with E-state index < -0.39 is 6.10 Å². The van der Waals surface area contributed by atoms with E-state index >= 15 is 0 Å². The second-order valence-electron chi connectivity index (χ2n) is 3.77. The van der Waals surface area contributed by atoms with Gasteiger partial charge in [0.25, 0.3) is 0 Å². The Hall–Kier alpha value is -1.78. The van der Waals surface area contributed by atoms with Crippen molar-refractivity contribution in [1.29, 1.82) is 0 Å². The van der Waals surface area contributed by atoms with Gasteiger partial charge >= 0.3 is 0 Å². The molecule has 4 heteroatoms. The van der Waals surface area contributed by atoms with Gasteiger partial charge in [0, 0.05) is 19.3 Å². The van der Waals surface area contributed by atoms with Gasteiger partial charge in [0.15, 0.2) is 0 Å². The number of aliphatic hydroxyl groups excluding tert-OH is 1. The predicted octanol–water partition coefficient (Wildman–Crippen LogP) is 1.30. The summed E-state index contributed by atoms with van der Waals surface area (Å²) in [5, 5.41) is 20.8. The summed E-state index contributed by atoms with van der Waals surface area (Å²) >= 11 is 0. The fourth-order valence-corrected chi connectivity index (χ4v) is 1.56. The first-order valence-corrected chi connectivity index (χ1v) is 5.56. The first kappa shape index (κ1) is 11.7. The molecule has 1 aromatic heterocycles. The molecule has 2 rings (SSSR count). The van der Waals surface area contributed by atoms with Gasteiger partial charge in [-0.2, -0.15) is 10.2 Å². The maximum atomic E-state index is 9.90. The Bertz CT molecular complexity index is 433. The molecule has 0 aliphatic carbocycles. The van der Waals surface area contributed by atoms with Crippen molar-refractivity contribution < 1.29 is 5.11 Å². The summed E-state index contributed by atoms with van der Waals surface area (Å²) in [6, 6.07) is 13.3. The van der Waals surface area contributed by atoms with E-state index in [4.69, 9.17) is 0 Å². The summed E-state index contributed by atoms with van der Waals surface area (Å²) in [5.41, 5.74) is 1.78. The second-order valence-corrected chi connectivity index (χ2v) is 3.77. The van der Waals surface area contributed by atoms with Gasteiger partial charge in [0.05, 0.1) is 11.8 Å². The average Bonchev–Trinajstić information content (AvgIpc) is 2.41. The van der Waals surface area contributed by atoms with Crippen LogP contribution in [0.5, 0.6) is 0 Å². The molecule has 1 heterocycles.